The first kappa shape index (κ1) is 46.4. The Hall–Kier alpha value is -7.06. The number of esters is 4. The third kappa shape index (κ3) is 14.0. The Balaban J connectivity index is 1.11. The molecule has 0 atom stereocenters. The Bertz CT molecular complexity index is 2460. The fraction of sp³-hybridized carbons (Fsp3) is 0.280. The molecule has 0 amide bonds. The van der Waals surface area contributed by atoms with Gasteiger partial charge in [0, 0.05) is 33.4 Å². The smallest absolute Gasteiger partial charge is 0.343 e. The minimum atomic E-state index is -0.602. The zero-order valence-electron chi connectivity index (χ0n) is 35.6. The highest BCUT2D eigenvalue weighted by Gasteiger charge is 2.20. The summed E-state index contributed by atoms with van der Waals surface area (Å²) in [7, 11) is 0. The molecule has 0 aliphatic heterocycles. The lowest BCUT2D eigenvalue weighted by atomic mass is 10.0. The number of hydrogen-bond acceptors (Lipinski definition) is 14. The van der Waals surface area contributed by atoms with Crippen molar-refractivity contribution in [3.63, 3.8) is 0 Å². The topological polar surface area (TPSA) is 161 Å². The average Bonchev–Trinajstić information content (AvgIpc) is 3.74. The third-order valence-electron chi connectivity index (χ3n) is 9.91. The largest absolute Gasteiger partial charge is 0.494 e. The van der Waals surface area contributed by atoms with Crippen LogP contribution in [0.3, 0.4) is 0 Å². The maximum Gasteiger partial charge on any atom is 0.343 e. The van der Waals surface area contributed by atoms with Gasteiger partial charge in [-0.2, -0.15) is 5.10 Å². The summed E-state index contributed by atoms with van der Waals surface area (Å²) < 4.78 is 33.9. The third-order valence-corrected chi connectivity index (χ3v) is 10.9. The number of aryl methyl sites for hydroxylation is 1. The van der Waals surface area contributed by atoms with E-state index in [0.717, 1.165) is 82.1 Å². The maximum atomic E-state index is 13.7. The second-order valence-corrected chi connectivity index (χ2v) is 15.7. The van der Waals surface area contributed by atoms with Crippen LogP contribution in [0.4, 0.5) is 5.13 Å². The monoisotopic (exact) mass is 885 g/mol. The molecule has 1 aromatic heterocycles. The van der Waals surface area contributed by atoms with Crippen LogP contribution in [0.15, 0.2) is 115 Å². The number of nitrogens with zero attached hydrogens (tertiary/aromatic N) is 2. The first-order chi connectivity index (χ1) is 31.3. The molecule has 332 valence electrons. The lowest BCUT2D eigenvalue weighted by Gasteiger charge is -2.15. The molecule has 0 fully saturated rings. The lowest BCUT2D eigenvalue weighted by molar-refractivity contribution is -0.138. The number of allylic oxidation sites excluding steroid dienone is 1. The number of fused-ring (bicyclic) bond motifs is 2. The lowest BCUT2D eigenvalue weighted by Crippen LogP contribution is -2.12. The normalized spacial score (nSPS) is 11.7. The zero-order chi connectivity index (χ0) is 44.9. The van der Waals surface area contributed by atoms with Crippen molar-refractivity contribution in [3.05, 3.63) is 138 Å². The molecule has 0 radical (unpaired) electrons. The highest BCUT2D eigenvalue weighted by molar-refractivity contribution is 7.15. The van der Waals surface area contributed by atoms with Gasteiger partial charge in [-0.05, 0) is 125 Å². The molecule has 5 aromatic rings. The number of benzene rings is 4. The van der Waals surface area contributed by atoms with Gasteiger partial charge in [0.1, 0.15) is 23.0 Å². The van der Waals surface area contributed by atoms with E-state index in [1.54, 1.807) is 66.7 Å². The Kier molecular flexibility index (Phi) is 17.8. The van der Waals surface area contributed by atoms with Crippen LogP contribution in [0.25, 0.3) is 16.8 Å². The van der Waals surface area contributed by atoms with Gasteiger partial charge in [0.05, 0.1) is 49.5 Å². The molecule has 6 rings (SSSR count). The van der Waals surface area contributed by atoms with Gasteiger partial charge in [-0.15, -0.1) is 0 Å². The molecule has 0 spiro atoms. The Labute approximate surface area is 376 Å². The standard InChI is InChI=1S/C50H51N3O10S/c1-3-45(54)60-31-15-7-5-13-29-58-38-25-21-35(22-26-38)48(56)62-43-33-37(34-51-53-50-52-42-19-11-12-20-44(42)64-50)47(41-18-10-9-17-40(41)43)63-49(57)36-23-27-39(28-24-36)59-30-14-6-8-16-32-61-46(55)4-2/h3-4,9-11,17-19,21-28,33-34H,1-2,5-8,12-16,20,29-32H2,(H,52,53)/b51-34+. The zero-order valence-corrected chi connectivity index (χ0v) is 36.4. The van der Waals surface area contributed by atoms with Gasteiger partial charge in [0.15, 0.2) is 0 Å². The first-order valence-electron chi connectivity index (χ1n) is 21.3. The van der Waals surface area contributed by atoms with Crippen molar-refractivity contribution in [1.29, 1.82) is 0 Å². The number of carbonyl (C=O) groups is 4. The number of hydrogen-bond donors (Lipinski definition) is 1. The second-order valence-electron chi connectivity index (χ2n) is 14.6. The first-order valence-corrected chi connectivity index (χ1v) is 22.1. The molecule has 1 N–H and O–H groups in total. The molecule has 64 heavy (non-hydrogen) atoms. The van der Waals surface area contributed by atoms with E-state index >= 15 is 0 Å². The average molecular weight is 886 g/mol. The summed E-state index contributed by atoms with van der Waals surface area (Å²) in [6.45, 7) is 8.51. The number of rotatable bonds is 25. The molecule has 14 heteroatoms. The fourth-order valence-electron chi connectivity index (χ4n) is 6.56. The van der Waals surface area contributed by atoms with E-state index in [9.17, 15) is 19.2 Å². The molecule has 1 aliphatic rings. The van der Waals surface area contributed by atoms with Crippen LogP contribution in [0.1, 0.15) is 94.6 Å². The SMILES string of the molecule is C=CC(=O)OCCCCCCOc1ccc(C(=O)Oc2cc(/C=N/Nc3nc4c(s3)CCC=C4)c(OC(=O)c3ccc(OCCCCCCOC(=O)C=C)cc3)c3ccccc23)cc1. The van der Waals surface area contributed by atoms with E-state index in [2.05, 4.69) is 34.7 Å². The van der Waals surface area contributed by atoms with Crippen LogP contribution in [0, 0.1) is 0 Å². The molecule has 0 unspecified atom stereocenters. The Morgan fingerprint density at radius 1 is 0.688 bits per heavy atom. The van der Waals surface area contributed by atoms with Crippen molar-refractivity contribution in [2.75, 3.05) is 31.9 Å². The summed E-state index contributed by atoms with van der Waals surface area (Å²) in [5, 5.41) is 6.16. The van der Waals surface area contributed by atoms with E-state index < -0.39 is 23.9 Å². The minimum Gasteiger partial charge on any atom is -0.494 e. The van der Waals surface area contributed by atoms with Crippen molar-refractivity contribution < 1.29 is 47.6 Å². The summed E-state index contributed by atoms with van der Waals surface area (Å²) >= 11 is 1.52. The number of nitrogens with one attached hydrogen (secondary N) is 1. The Morgan fingerprint density at radius 2 is 1.23 bits per heavy atom. The van der Waals surface area contributed by atoms with Gasteiger partial charge >= 0.3 is 23.9 Å². The number of unbranched alkanes of at least 4 members (excludes halogenated alkanes) is 6. The number of aromatic nitrogens is 1. The molecule has 0 bridgehead atoms. The highest BCUT2D eigenvalue weighted by atomic mass is 32.1. The van der Waals surface area contributed by atoms with Crippen molar-refractivity contribution in [1.82, 2.24) is 4.98 Å². The Morgan fingerprint density at radius 3 is 1.80 bits per heavy atom. The quantitative estimate of drug-likeness (QED) is 0.0148. The van der Waals surface area contributed by atoms with Crippen LogP contribution in [-0.4, -0.2) is 61.5 Å². The van der Waals surface area contributed by atoms with E-state index in [1.807, 2.05) is 18.2 Å². The van der Waals surface area contributed by atoms with Crippen LogP contribution in [-0.2, 0) is 25.5 Å². The molecular formula is C50H51N3O10S. The molecule has 0 saturated carbocycles. The second kappa shape index (κ2) is 24.5. The fourth-order valence-corrected chi connectivity index (χ4v) is 7.47. The van der Waals surface area contributed by atoms with Crippen molar-refractivity contribution in [2.24, 2.45) is 5.10 Å². The molecule has 0 saturated heterocycles. The van der Waals surface area contributed by atoms with Gasteiger partial charge in [-0.3, -0.25) is 5.43 Å². The van der Waals surface area contributed by atoms with Crippen molar-refractivity contribution in [3.8, 4) is 23.0 Å². The molecule has 1 heterocycles. The van der Waals surface area contributed by atoms with Crippen LogP contribution >= 0.6 is 11.3 Å². The van der Waals surface area contributed by atoms with Crippen LogP contribution in [0.5, 0.6) is 23.0 Å². The van der Waals surface area contributed by atoms with E-state index in [-0.39, 0.29) is 11.5 Å². The van der Waals surface area contributed by atoms with Gasteiger partial charge in [0.2, 0.25) is 5.13 Å². The number of hydrazone groups is 1. The van der Waals surface area contributed by atoms with Gasteiger partial charge in [-0.1, -0.05) is 54.8 Å². The molecule has 13 nitrogen and oxygen atoms in total. The summed E-state index contributed by atoms with van der Waals surface area (Å²) in [4.78, 5) is 55.4. The van der Waals surface area contributed by atoms with Crippen molar-refractivity contribution >= 4 is 63.4 Å². The maximum absolute atomic E-state index is 13.7. The van der Waals surface area contributed by atoms with Gasteiger partial charge < -0.3 is 28.4 Å². The predicted molar refractivity (Wildman–Crippen MR) is 248 cm³/mol. The van der Waals surface area contributed by atoms with Crippen molar-refractivity contribution in [2.45, 2.75) is 64.2 Å². The van der Waals surface area contributed by atoms with Crippen LogP contribution < -0.4 is 24.4 Å². The van der Waals surface area contributed by atoms with E-state index in [4.69, 9.17) is 28.4 Å². The molecule has 4 aromatic carbocycles. The van der Waals surface area contributed by atoms with E-state index in [0.29, 0.717) is 70.5 Å². The van der Waals surface area contributed by atoms with Crippen LogP contribution in [0.2, 0.25) is 0 Å². The number of ether oxygens (including phenoxy) is 6. The molecular weight excluding hydrogens is 835 g/mol. The molecule has 1 aliphatic carbocycles. The van der Waals surface area contributed by atoms with Gasteiger partial charge in [0.25, 0.3) is 0 Å². The summed E-state index contributed by atoms with van der Waals surface area (Å²) in [6, 6.07) is 22.3. The number of anilines is 1. The highest BCUT2D eigenvalue weighted by Crippen LogP contribution is 2.37. The minimum absolute atomic E-state index is 0.226. The van der Waals surface area contributed by atoms with Gasteiger partial charge in [-0.25, -0.2) is 24.2 Å². The van der Waals surface area contributed by atoms with E-state index in [1.165, 1.54) is 22.4 Å². The summed E-state index contributed by atoms with van der Waals surface area (Å²) in [5.74, 6) is -0.321. The number of thiazole rings is 1. The number of carbonyl (C=O) groups excluding carboxylic acids is 4. The predicted octanol–water partition coefficient (Wildman–Crippen LogP) is 10.5. The summed E-state index contributed by atoms with van der Waals surface area (Å²) in [5.41, 5.74) is 4.93. The summed E-state index contributed by atoms with van der Waals surface area (Å²) in [6.07, 6.45) is 16.6.